The Labute approximate surface area is 169 Å². The Morgan fingerprint density at radius 2 is 2.00 bits per heavy atom. The summed E-state index contributed by atoms with van der Waals surface area (Å²) in [7, 11) is 0. The number of amides is 1. The molecule has 4 rings (SSSR count). The van der Waals surface area contributed by atoms with Crippen LogP contribution in [-0.4, -0.2) is 63.0 Å². The molecule has 1 aliphatic heterocycles. The van der Waals surface area contributed by atoms with E-state index in [9.17, 15) is 4.79 Å². The van der Waals surface area contributed by atoms with Crippen LogP contribution in [0.15, 0.2) is 12.4 Å². The fourth-order valence-electron chi connectivity index (χ4n) is 3.95. The predicted octanol–water partition coefficient (Wildman–Crippen LogP) is 1.68. The van der Waals surface area contributed by atoms with E-state index >= 15 is 0 Å². The van der Waals surface area contributed by atoms with Crippen LogP contribution in [0.4, 0.5) is 5.13 Å². The number of hydrogen-bond donors (Lipinski definition) is 1. The van der Waals surface area contributed by atoms with Crippen molar-refractivity contribution in [2.24, 2.45) is 0 Å². The van der Waals surface area contributed by atoms with Crippen LogP contribution in [0.25, 0.3) is 0 Å². The van der Waals surface area contributed by atoms with Gasteiger partial charge in [-0.3, -0.25) is 14.4 Å². The van der Waals surface area contributed by atoms with Gasteiger partial charge in [0.05, 0.1) is 12.6 Å². The zero-order valence-electron chi connectivity index (χ0n) is 16.5. The average molecular weight is 404 g/mol. The molecule has 3 heterocycles. The summed E-state index contributed by atoms with van der Waals surface area (Å²) < 4.78 is 1.97. The molecule has 0 unspecified atom stereocenters. The maximum Gasteiger partial charge on any atom is 0.227 e. The van der Waals surface area contributed by atoms with Gasteiger partial charge in [0.2, 0.25) is 11.0 Å². The Kier molecular flexibility index (Phi) is 6.21. The summed E-state index contributed by atoms with van der Waals surface area (Å²) in [5, 5.41) is 17.8. The summed E-state index contributed by atoms with van der Waals surface area (Å²) in [4.78, 5) is 16.9. The molecular formula is C19H29N7OS. The Balaban J connectivity index is 1.24. The zero-order valence-corrected chi connectivity index (χ0v) is 17.3. The number of carbonyl (C=O) groups excluding carboxylic acids is 1. The SMILES string of the molecule is CCn1cc(CN2CCN(c3nnc(CC(=O)NC4CCCC4)s3)CC2)cn1. The highest BCUT2D eigenvalue weighted by Crippen LogP contribution is 2.23. The number of nitrogens with zero attached hydrogens (tertiary/aromatic N) is 6. The lowest BCUT2D eigenvalue weighted by molar-refractivity contribution is -0.121. The standard InChI is InChI=1S/C19H29N7OS/c1-2-26-14-15(12-20-26)13-24-7-9-25(10-8-24)19-23-22-18(28-19)11-17(27)21-16-5-3-4-6-16/h12,14,16H,2-11,13H2,1H3,(H,21,27). The van der Waals surface area contributed by atoms with Crippen LogP contribution in [0.5, 0.6) is 0 Å². The molecule has 0 bridgehead atoms. The summed E-state index contributed by atoms with van der Waals surface area (Å²) in [6.07, 6.45) is 9.09. The molecule has 2 fully saturated rings. The van der Waals surface area contributed by atoms with Crippen LogP contribution in [0.3, 0.4) is 0 Å². The molecule has 1 amide bonds. The third-order valence-electron chi connectivity index (χ3n) is 5.55. The fraction of sp³-hybridized carbons (Fsp3) is 0.684. The first kappa shape index (κ1) is 19.3. The van der Waals surface area contributed by atoms with Gasteiger partial charge in [-0.05, 0) is 19.8 Å². The topological polar surface area (TPSA) is 79.2 Å². The highest BCUT2D eigenvalue weighted by atomic mass is 32.1. The van der Waals surface area contributed by atoms with E-state index < -0.39 is 0 Å². The monoisotopic (exact) mass is 403 g/mol. The Morgan fingerprint density at radius 1 is 1.21 bits per heavy atom. The van der Waals surface area contributed by atoms with Crippen LogP contribution in [0.1, 0.15) is 43.2 Å². The van der Waals surface area contributed by atoms with Gasteiger partial charge < -0.3 is 10.2 Å². The highest BCUT2D eigenvalue weighted by molar-refractivity contribution is 7.15. The minimum Gasteiger partial charge on any atom is -0.353 e. The van der Waals surface area contributed by atoms with E-state index in [0.29, 0.717) is 12.5 Å². The second kappa shape index (κ2) is 9.00. The summed E-state index contributed by atoms with van der Waals surface area (Å²) in [6.45, 7) is 7.81. The van der Waals surface area contributed by atoms with E-state index in [-0.39, 0.29) is 5.91 Å². The summed E-state index contributed by atoms with van der Waals surface area (Å²) in [5.41, 5.74) is 1.27. The molecular weight excluding hydrogens is 374 g/mol. The highest BCUT2D eigenvalue weighted by Gasteiger charge is 2.22. The summed E-state index contributed by atoms with van der Waals surface area (Å²) in [5.74, 6) is 0.0760. The average Bonchev–Trinajstić information content (AvgIpc) is 3.45. The van der Waals surface area contributed by atoms with Crippen LogP contribution in [0.2, 0.25) is 0 Å². The number of carbonyl (C=O) groups is 1. The Morgan fingerprint density at radius 3 is 2.71 bits per heavy atom. The van der Waals surface area contributed by atoms with Gasteiger partial charge in [0.25, 0.3) is 0 Å². The first-order valence-corrected chi connectivity index (χ1v) is 11.1. The van der Waals surface area contributed by atoms with Crippen LogP contribution >= 0.6 is 11.3 Å². The van der Waals surface area contributed by atoms with Crippen molar-refractivity contribution < 1.29 is 4.79 Å². The van der Waals surface area contributed by atoms with Gasteiger partial charge in [-0.15, -0.1) is 10.2 Å². The normalized spacial score (nSPS) is 18.7. The van der Waals surface area contributed by atoms with Crippen molar-refractivity contribution in [1.82, 2.24) is 30.2 Å². The number of anilines is 1. The molecule has 0 radical (unpaired) electrons. The Bertz CT molecular complexity index is 775. The molecule has 28 heavy (non-hydrogen) atoms. The number of nitrogens with one attached hydrogen (secondary N) is 1. The maximum absolute atomic E-state index is 12.2. The molecule has 8 nitrogen and oxygen atoms in total. The first-order chi connectivity index (χ1) is 13.7. The first-order valence-electron chi connectivity index (χ1n) is 10.3. The van der Waals surface area contributed by atoms with Crippen LogP contribution in [-0.2, 0) is 24.3 Å². The third-order valence-corrected chi connectivity index (χ3v) is 6.53. The third kappa shape index (κ3) is 4.88. The molecule has 0 spiro atoms. The van der Waals surface area contributed by atoms with Gasteiger partial charge in [0, 0.05) is 57.1 Å². The van der Waals surface area contributed by atoms with Crippen molar-refractivity contribution in [3.8, 4) is 0 Å². The molecule has 2 aliphatic rings. The maximum atomic E-state index is 12.2. The molecule has 2 aromatic heterocycles. The van der Waals surface area contributed by atoms with Crippen molar-refractivity contribution in [3.63, 3.8) is 0 Å². The lowest BCUT2D eigenvalue weighted by atomic mass is 10.2. The molecule has 0 aromatic carbocycles. The molecule has 1 aliphatic carbocycles. The van der Waals surface area contributed by atoms with Gasteiger partial charge in [-0.25, -0.2) is 0 Å². The molecule has 1 saturated carbocycles. The second-order valence-electron chi connectivity index (χ2n) is 7.67. The number of aryl methyl sites for hydroxylation is 1. The lowest BCUT2D eigenvalue weighted by Crippen LogP contribution is -2.45. The zero-order chi connectivity index (χ0) is 19.3. The number of aromatic nitrogens is 4. The van der Waals surface area contributed by atoms with E-state index in [0.717, 1.165) is 62.2 Å². The lowest BCUT2D eigenvalue weighted by Gasteiger charge is -2.34. The number of piperazine rings is 1. The fourth-order valence-corrected chi connectivity index (χ4v) is 4.84. The van der Waals surface area contributed by atoms with Crippen LogP contribution in [0, 0.1) is 0 Å². The minimum atomic E-state index is 0.0760. The van der Waals surface area contributed by atoms with Crippen molar-refractivity contribution in [2.45, 2.75) is 58.2 Å². The van der Waals surface area contributed by atoms with E-state index in [4.69, 9.17) is 0 Å². The largest absolute Gasteiger partial charge is 0.353 e. The van der Waals surface area contributed by atoms with Crippen molar-refractivity contribution in [2.75, 3.05) is 31.1 Å². The van der Waals surface area contributed by atoms with Crippen molar-refractivity contribution in [1.29, 1.82) is 0 Å². The van der Waals surface area contributed by atoms with E-state index in [1.165, 1.54) is 18.4 Å². The number of hydrogen-bond acceptors (Lipinski definition) is 7. The molecule has 152 valence electrons. The van der Waals surface area contributed by atoms with Crippen molar-refractivity contribution >= 4 is 22.4 Å². The predicted molar refractivity (Wildman–Crippen MR) is 109 cm³/mol. The van der Waals surface area contributed by atoms with Gasteiger partial charge in [-0.2, -0.15) is 5.10 Å². The van der Waals surface area contributed by atoms with Crippen LogP contribution < -0.4 is 10.2 Å². The summed E-state index contributed by atoms with van der Waals surface area (Å²) in [6, 6.07) is 0.359. The van der Waals surface area contributed by atoms with Gasteiger partial charge in [0.1, 0.15) is 5.01 Å². The quantitative estimate of drug-likeness (QED) is 0.758. The number of rotatable bonds is 7. The summed E-state index contributed by atoms with van der Waals surface area (Å²) >= 11 is 1.55. The van der Waals surface area contributed by atoms with Gasteiger partial charge in [0.15, 0.2) is 0 Å². The molecule has 1 N–H and O–H groups in total. The van der Waals surface area contributed by atoms with E-state index in [2.05, 4.69) is 43.5 Å². The molecule has 1 saturated heterocycles. The minimum absolute atomic E-state index is 0.0760. The van der Waals surface area contributed by atoms with E-state index in [1.807, 2.05) is 10.9 Å². The Hall–Kier alpha value is -2.00. The van der Waals surface area contributed by atoms with Gasteiger partial charge >= 0.3 is 0 Å². The van der Waals surface area contributed by atoms with Gasteiger partial charge in [-0.1, -0.05) is 24.2 Å². The van der Waals surface area contributed by atoms with E-state index in [1.54, 1.807) is 11.3 Å². The molecule has 9 heteroatoms. The molecule has 0 atom stereocenters. The second-order valence-corrected chi connectivity index (χ2v) is 8.71. The molecule has 2 aromatic rings. The van der Waals surface area contributed by atoms with Crippen molar-refractivity contribution in [3.05, 3.63) is 23.0 Å². The smallest absolute Gasteiger partial charge is 0.227 e.